The molecule has 3 aromatic heterocycles. The third-order valence-corrected chi connectivity index (χ3v) is 2.99. The van der Waals surface area contributed by atoms with Gasteiger partial charge in [-0.1, -0.05) is 0 Å². The molecule has 108 valence electrons. The van der Waals surface area contributed by atoms with Crippen LogP contribution in [0.1, 0.15) is 5.69 Å². The predicted molar refractivity (Wildman–Crippen MR) is 78.2 cm³/mol. The largest absolute Gasteiger partial charge is 0.362 e. The van der Waals surface area contributed by atoms with Gasteiger partial charge in [0, 0.05) is 36.8 Å². The van der Waals surface area contributed by atoms with Crippen molar-refractivity contribution in [2.45, 2.75) is 6.73 Å². The van der Waals surface area contributed by atoms with Crippen molar-refractivity contribution in [2.75, 3.05) is 7.11 Å². The number of methoxy groups -OCH3 is 1. The van der Waals surface area contributed by atoms with Gasteiger partial charge >= 0.3 is 0 Å². The Bertz CT molecular complexity index is 822. The van der Waals surface area contributed by atoms with Crippen molar-refractivity contribution in [1.29, 1.82) is 5.26 Å². The Morgan fingerprint density at radius 2 is 1.95 bits per heavy atom. The van der Waals surface area contributed by atoms with Crippen LogP contribution in [-0.2, 0) is 11.5 Å². The van der Waals surface area contributed by atoms with Crippen molar-refractivity contribution >= 4 is 0 Å². The van der Waals surface area contributed by atoms with Crippen molar-refractivity contribution in [2.24, 2.45) is 0 Å². The summed E-state index contributed by atoms with van der Waals surface area (Å²) in [7, 11) is 1.59. The minimum atomic E-state index is 0.262. The van der Waals surface area contributed by atoms with Crippen molar-refractivity contribution in [3.63, 3.8) is 0 Å². The van der Waals surface area contributed by atoms with E-state index in [9.17, 15) is 0 Å². The van der Waals surface area contributed by atoms with Gasteiger partial charge in [0.05, 0.1) is 0 Å². The molecule has 3 heterocycles. The third kappa shape index (κ3) is 2.68. The van der Waals surface area contributed by atoms with Gasteiger partial charge in [0.25, 0.3) is 0 Å². The molecule has 0 aromatic carbocycles. The molecule has 7 heteroatoms. The molecule has 0 aliphatic carbocycles. The summed E-state index contributed by atoms with van der Waals surface area (Å²) < 4.78 is 6.81. The van der Waals surface area contributed by atoms with Gasteiger partial charge in [0.1, 0.15) is 18.5 Å². The van der Waals surface area contributed by atoms with E-state index in [4.69, 9.17) is 10.00 Å². The molecule has 0 fully saturated rings. The summed E-state index contributed by atoms with van der Waals surface area (Å²) in [5.74, 6) is 1.19. The van der Waals surface area contributed by atoms with Crippen molar-refractivity contribution < 1.29 is 4.74 Å². The van der Waals surface area contributed by atoms with Gasteiger partial charge in [-0.2, -0.15) is 5.26 Å². The number of aromatic nitrogens is 5. The normalized spacial score (nSPS) is 10.4. The summed E-state index contributed by atoms with van der Waals surface area (Å²) in [4.78, 5) is 12.5. The van der Waals surface area contributed by atoms with E-state index in [0.717, 1.165) is 11.1 Å². The highest BCUT2D eigenvalue weighted by Crippen LogP contribution is 2.22. The molecule has 7 nitrogen and oxygen atoms in total. The minimum absolute atomic E-state index is 0.262. The van der Waals surface area contributed by atoms with Gasteiger partial charge in [-0.3, -0.25) is 4.98 Å². The number of ether oxygens (including phenoxy) is 1. The van der Waals surface area contributed by atoms with Gasteiger partial charge in [-0.05, 0) is 24.3 Å². The lowest BCUT2D eigenvalue weighted by Crippen LogP contribution is -2.04. The first-order chi connectivity index (χ1) is 10.8. The smallest absolute Gasteiger partial charge is 0.181 e. The quantitative estimate of drug-likeness (QED) is 0.729. The molecule has 0 aliphatic rings. The zero-order valence-corrected chi connectivity index (χ0v) is 11.8. The Labute approximate surface area is 126 Å². The van der Waals surface area contributed by atoms with E-state index < -0.39 is 0 Å². The summed E-state index contributed by atoms with van der Waals surface area (Å²) in [6, 6.07) is 9.15. The van der Waals surface area contributed by atoms with Gasteiger partial charge in [0.15, 0.2) is 11.6 Å². The fourth-order valence-corrected chi connectivity index (χ4v) is 2.02. The lowest BCUT2D eigenvalue weighted by atomic mass is 10.2. The van der Waals surface area contributed by atoms with E-state index in [-0.39, 0.29) is 6.73 Å². The van der Waals surface area contributed by atoms with Crippen molar-refractivity contribution in [3.8, 4) is 28.8 Å². The zero-order valence-electron chi connectivity index (χ0n) is 11.8. The lowest BCUT2D eigenvalue weighted by molar-refractivity contribution is 0.122. The van der Waals surface area contributed by atoms with Crippen molar-refractivity contribution in [1.82, 2.24) is 24.7 Å². The summed E-state index contributed by atoms with van der Waals surface area (Å²) >= 11 is 0. The van der Waals surface area contributed by atoms with E-state index in [1.807, 2.05) is 18.2 Å². The van der Waals surface area contributed by atoms with Crippen LogP contribution >= 0.6 is 0 Å². The summed E-state index contributed by atoms with van der Waals surface area (Å²) in [6.45, 7) is 0.262. The zero-order chi connectivity index (χ0) is 15.4. The Kier molecular flexibility index (Phi) is 3.85. The molecule has 0 amide bonds. The van der Waals surface area contributed by atoms with Gasteiger partial charge in [-0.15, -0.1) is 5.10 Å². The topological polar surface area (TPSA) is 89.5 Å². The summed E-state index contributed by atoms with van der Waals surface area (Å²) in [5, 5.41) is 13.4. The number of hydrogen-bond donors (Lipinski definition) is 0. The SMILES string of the molecule is COCn1nc(-c2ccncc2)nc1-c1ccnc(C#N)c1. The highest BCUT2D eigenvalue weighted by Gasteiger charge is 2.14. The van der Waals surface area contributed by atoms with Crippen LogP contribution in [0.25, 0.3) is 22.8 Å². The molecule has 0 unspecified atom stereocenters. The van der Waals surface area contributed by atoms with Crippen LogP contribution in [0.4, 0.5) is 0 Å². The average Bonchev–Trinajstić information content (AvgIpc) is 3.00. The standard InChI is InChI=1S/C15H12N6O/c1-22-10-21-15(12-4-7-18-13(8-12)9-16)19-14(20-21)11-2-5-17-6-3-11/h2-8H,10H2,1H3. The van der Waals surface area contributed by atoms with E-state index in [1.54, 1.807) is 42.5 Å². The molecular formula is C15H12N6O. The Morgan fingerprint density at radius 3 is 2.68 bits per heavy atom. The fourth-order valence-electron chi connectivity index (χ4n) is 2.02. The first-order valence-corrected chi connectivity index (χ1v) is 6.52. The molecule has 22 heavy (non-hydrogen) atoms. The molecule has 0 N–H and O–H groups in total. The van der Waals surface area contributed by atoms with E-state index in [1.165, 1.54) is 0 Å². The number of rotatable bonds is 4. The maximum absolute atomic E-state index is 8.98. The van der Waals surface area contributed by atoms with Crippen molar-refractivity contribution in [3.05, 3.63) is 48.5 Å². The average molecular weight is 292 g/mol. The van der Waals surface area contributed by atoms with Gasteiger partial charge in [-0.25, -0.2) is 14.6 Å². The molecule has 0 atom stereocenters. The van der Waals surface area contributed by atoms with Gasteiger partial charge in [0.2, 0.25) is 0 Å². The fraction of sp³-hybridized carbons (Fsp3) is 0.133. The molecule has 0 saturated heterocycles. The molecular weight excluding hydrogens is 280 g/mol. The minimum Gasteiger partial charge on any atom is -0.362 e. The van der Waals surface area contributed by atoms with Crippen LogP contribution in [0.5, 0.6) is 0 Å². The number of pyridine rings is 2. The second kappa shape index (κ2) is 6.11. The molecule has 0 aliphatic heterocycles. The van der Waals surface area contributed by atoms with E-state index >= 15 is 0 Å². The van der Waals surface area contributed by atoms with E-state index in [0.29, 0.717) is 17.3 Å². The third-order valence-electron chi connectivity index (χ3n) is 2.99. The predicted octanol–water partition coefficient (Wildman–Crippen LogP) is 1.88. The number of nitriles is 1. The summed E-state index contributed by atoms with van der Waals surface area (Å²) in [6.07, 6.45) is 4.95. The molecule has 0 radical (unpaired) electrons. The number of nitrogens with zero attached hydrogens (tertiary/aromatic N) is 6. The highest BCUT2D eigenvalue weighted by atomic mass is 16.5. The Hall–Kier alpha value is -3.11. The maximum Gasteiger partial charge on any atom is 0.181 e. The monoisotopic (exact) mass is 292 g/mol. The van der Waals surface area contributed by atoms with Crippen LogP contribution in [-0.4, -0.2) is 31.8 Å². The molecule has 0 bridgehead atoms. The second-order valence-electron chi connectivity index (χ2n) is 4.45. The molecule has 0 saturated carbocycles. The maximum atomic E-state index is 8.98. The molecule has 3 rings (SSSR count). The van der Waals surface area contributed by atoms with E-state index in [2.05, 4.69) is 20.1 Å². The lowest BCUT2D eigenvalue weighted by Gasteiger charge is -2.04. The summed E-state index contributed by atoms with van der Waals surface area (Å²) in [5.41, 5.74) is 1.95. The first-order valence-electron chi connectivity index (χ1n) is 6.52. The Morgan fingerprint density at radius 1 is 1.18 bits per heavy atom. The van der Waals surface area contributed by atoms with Crippen LogP contribution in [0.3, 0.4) is 0 Å². The highest BCUT2D eigenvalue weighted by molar-refractivity contribution is 5.61. The second-order valence-corrected chi connectivity index (χ2v) is 4.45. The van der Waals surface area contributed by atoms with Crippen LogP contribution < -0.4 is 0 Å². The van der Waals surface area contributed by atoms with Crippen LogP contribution in [0.2, 0.25) is 0 Å². The Balaban J connectivity index is 2.10. The van der Waals surface area contributed by atoms with Gasteiger partial charge < -0.3 is 4.74 Å². The molecule has 3 aromatic rings. The van der Waals surface area contributed by atoms with Crippen LogP contribution in [0.15, 0.2) is 42.9 Å². The van der Waals surface area contributed by atoms with Crippen LogP contribution in [0, 0.1) is 11.3 Å². The number of hydrogen-bond acceptors (Lipinski definition) is 6. The molecule has 0 spiro atoms. The first kappa shape index (κ1) is 13.9.